The Kier molecular flexibility index (Phi) is 6.04. The largest absolute Gasteiger partial charge is 0.342 e. The van der Waals surface area contributed by atoms with Crippen molar-refractivity contribution < 1.29 is 4.79 Å². The molecular formula is C22H29N3O2S. The molecule has 2 fully saturated rings. The van der Waals surface area contributed by atoms with Crippen LogP contribution in [0.5, 0.6) is 0 Å². The van der Waals surface area contributed by atoms with Gasteiger partial charge in [-0.1, -0.05) is 25.0 Å². The van der Waals surface area contributed by atoms with Gasteiger partial charge in [-0.05, 0) is 50.7 Å². The van der Waals surface area contributed by atoms with E-state index in [9.17, 15) is 9.59 Å². The number of para-hydroxylation sites is 1. The first-order chi connectivity index (χ1) is 13.6. The lowest BCUT2D eigenvalue weighted by Gasteiger charge is -2.32. The molecule has 1 aliphatic heterocycles. The normalized spacial score (nSPS) is 18.8. The molecule has 2 aromatic rings. The fourth-order valence-electron chi connectivity index (χ4n) is 4.45. The van der Waals surface area contributed by atoms with E-state index in [0.29, 0.717) is 28.9 Å². The molecule has 6 heteroatoms. The fraction of sp³-hybridized carbons (Fsp3) is 0.591. The lowest BCUT2D eigenvalue weighted by Crippen LogP contribution is -2.41. The van der Waals surface area contributed by atoms with Crippen molar-refractivity contribution in [1.29, 1.82) is 0 Å². The molecule has 5 nitrogen and oxygen atoms in total. The van der Waals surface area contributed by atoms with Gasteiger partial charge in [-0.2, -0.15) is 0 Å². The second-order valence-corrected chi connectivity index (χ2v) is 9.42. The van der Waals surface area contributed by atoms with Crippen molar-refractivity contribution in [3.63, 3.8) is 0 Å². The molecule has 150 valence electrons. The highest BCUT2D eigenvalue weighted by atomic mass is 32.2. The molecule has 2 heterocycles. The van der Waals surface area contributed by atoms with Crippen LogP contribution in [-0.2, 0) is 11.3 Å². The zero-order chi connectivity index (χ0) is 19.5. The number of piperidine rings is 1. The van der Waals surface area contributed by atoms with E-state index in [1.807, 2.05) is 52.4 Å². The maximum absolute atomic E-state index is 12.9. The first-order valence-electron chi connectivity index (χ1n) is 10.5. The molecule has 0 atom stereocenters. The maximum Gasteiger partial charge on any atom is 0.261 e. The molecule has 1 saturated carbocycles. The number of hydrogen-bond donors (Lipinski definition) is 0. The van der Waals surface area contributed by atoms with Gasteiger partial charge in [-0.15, -0.1) is 11.8 Å². The Hall–Kier alpha value is -1.82. The van der Waals surface area contributed by atoms with Crippen molar-refractivity contribution in [1.82, 2.24) is 14.5 Å². The maximum atomic E-state index is 12.9. The van der Waals surface area contributed by atoms with E-state index in [1.54, 1.807) is 0 Å². The number of rotatable bonds is 5. The van der Waals surface area contributed by atoms with E-state index in [1.165, 1.54) is 25.7 Å². The number of aryl methyl sites for hydroxylation is 1. The SMILES string of the molecule is Cc1nc2ccccc2c(=O)n1CC1CCN(C(=O)CSC2CCCC2)CC1. The molecule has 28 heavy (non-hydrogen) atoms. The van der Waals surface area contributed by atoms with Gasteiger partial charge in [-0.3, -0.25) is 14.2 Å². The lowest BCUT2D eigenvalue weighted by atomic mass is 9.96. The predicted molar refractivity (Wildman–Crippen MR) is 115 cm³/mol. The number of carbonyl (C=O) groups is 1. The summed E-state index contributed by atoms with van der Waals surface area (Å²) in [6.07, 6.45) is 7.10. The van der Waals surface area contributed by atoms with Gasteiger partial charge in [0.15, 0.2) is 0 Å². The first kappa shape index (κ1) is 19.5. The van der Waals surface area contributed by atoms with Crippen LogP contribution in [0, 0.1) is 12.8 Å². The number of hydrogen-bond acceptors (Lipinski definition) is 4. The van der Waals surface area contributed by atoms with Gasteiger partial charge in [0.2, 0.25) is 5.91 Å². The third-order valence-corrected chi connectivity index (χ3v) is 7.56. The summed E-state index contributed by atoms with van der Waals surface area (Å²) in [6.45, 7) is 4.22. The monoisotopic (exact) mass is 399 g/mol. The first-order valence-corrected chi connectivity index (χ1v) is 11.5. The molecule has 2 aliphatic rings. The highest BCUT2D eigenvalue weighted by Gasteiger charge is 2.25. The molecule has 0 unspecified atom stereocenters. The van der Waals surface area contributed by atoms with E-state index >= 15 is 0 Å². The van der Waals surface area contributed by atoms with Gasteiger partial charge in [0.25, 0.3) is 5.56 Å². The van der Waals surface area contributed by atoms with Gasteiger partial charge < -0.3 is 4.90 Å². The average molecular weight is 400 g/mol. The molecule has 0 N–H and O–H groups in total. The lowest BCUT2D eigenvalue weighted by molar-refractivity contribution is -0.129. The number of nitrogens with zero attached hydrogens (tertiary/aromatic N) is 3. The third-order valence-electron chi connectivity index (χ3n) is 6.21. The molecular weight excluding hydrogens is 370 g/mol. The highest BCUT2D eigenvalue weighted by molar-refractivity contribution is 8.00. The zero-order valence-corrected chi connectivity index (χ0v) is 17.4. The molecule has 1 amide bonds. The molecule has 0 radical (unpaired) electrons. The third kappa shape index (κ3) is 4.27. The zero-order valence-electron chi connectivity index (χ0n) is 16.6. The van der Waals surface area contributed by atoms with E-state index < -0.39 is 0 Å². The van der Waals surface area contributed by atoms with Crippen molar-refractivity contribution >= 4 is 28.6 Å². The average Bonchev–Trinajstić information content (AvgIpc) is 3.23. The van der Waals surface area contributed by atoms with Gasteiger partial charge in [0.1, 0.15) is 5.82 Å². The quantitative estimate of drug-likeness (QED) is 0.771. The summed E-state index contributed by atoms with van der Waals surface area (Å²) in [5.41, 5.74) is 0.816. The van der Waals surface area contributed by atoms with Crippen molar-refractivity contribution in [2.45, 2.75) is 57.2 Å². The van der Waals surface area contributed by atoms with E-state index in [4.69, 9.17) is 0 Å². The van der Waals surface area contributed by atoms with Crippen LogP contribution in [0.2, 0.25) is 0 Å². The van der Waals surface area contributed by atoms with Crippen LogP contribution in [0.4, 0.5) is 0 Å². The highest BCUT2D eigenvalue weighted by Crippen LogP contribution is 2.30. The molecule has 0 spiro atoms. The Morgan fingerprint density at radius 2 is 1.86 bits per heavy atom. The van der Waals surface area contributed by atoms with Gasteiger partial charge in [0.05, 0.1) is 16.7 Å². The summed E-state index contributed by atoms with van der Waals surface area (Å²) < 4.78 is 1.82. The van der Waals surface area contributed by atoms with E-state index in [-0.39, 0.29) is 11.5 Å². The van der Waals surface area contributed by atoms with Crippen LogP contribution in [0.15, 0.2) is 29.1 Å². The number of thioether (sulfide) groups is 1. The number of carbonyl (C=O) groups excluding carboxylic acids is 1. The van der Waals surface area contributed by atoms with Gasteiger partial charge >= 0.3 is 0 Å². The van der Waals surface area contributed by atoms with Crippen LogP contribution in [0.25, 0.3) is 10.9 Å². The Morgan fingerprint density at radius 1 is 1.14 bits per heavy atom. The predicted octanol–water partition coefficient (Wildman–Crippen LogP) is 3.62. The topological polar surface area (TPSA) is 55.2 Å². The molecule has 4 rings (SSSR count). The minimum absolute atomic E-state index is 0.0505. The number of fused-ring (bicyclic) bond motifs is 1. The Bertz CT molecular complexity index is 896. The van der Waals surface area contributed by atoms with Crippen molar-refractivity contribution in [3.05, 3.63) is 40.4 Å². The van der Waals surface area contributed by atoms with Crippen LogP contribution in [0.1, 0.15) is 44.3 Å². The molecule has 1 saturated heterocycles. The van der Waals surface area contributed by atoms with Crippen molar-refractivity contribution in [3.8, 4) is 0 Å². The van der Waals surface area contributed by atoms with Crippen molar-refractivity contribution in [2.75, 3.05) is 18.8 Å². The summed E-state index contributed by atoms with van der Waals surface area (Å²) in [4.78, 5) is 32.0. The fourth-order valence-corrected chi connectivity index (χ4v) is 5.68. The number of likely N-dealkylation sites (tertiary alicyclic amines) is 1. The second kappa shape index (κ2) is 8.68. The Morgan fingerprint density at radius 3 is 2.61 bits per heavy atom. The Balaban J connectivity index is 1.34. The van der Waals surface area contributed by atoms with Crippen LogP contribution >= 0.6 is 11.8 Å². The minimum atomic E-state index is 0.0505. The summed E-state index contributed by atoms with van der Waals surface area (Å²) in [6, 6.07) is 7.54. The molecule has 1 aliphatic carbocycles. The number of benzene rings is 1. The molecule has 1 aromatic heterocycles. The Labute approximate surface area is 170 Å². The van der Waals surface area contributed by atoms with E-state index in [0.717, 1.165) is 37.3 Å². The van der Waals surface area contributed by atoms with Crippen LogP contribution in [0.3, 0.4) is 0 Å². The molecule has 0 bridgehead atoms. The van der Waals surface area contributed by atoms with Gasteiger partial charge in [-0.25, -0.2) is 4.98 Å². The van der Waals surface area contributed by atoms with Crippen molar-refractivity contribution in [2.24, 2.45) is 5.92 Å². The van der Waals surface area contributed by atoms with Crippen LogP contribution in [-0.4, -0.2) is 44.5 Å². The second-order valence-electron chi connectivity index (χ2n) is 8.13. The minimum Gasteiger partial charge on any atom is -0.342 e. The number of aromatic nitrogens is 2. The van der Waals surface area contributed by atoms with E-state index in [2.05, 4.69) is 4.98 Å². The smallest absolute Gasteiger partial charge is 0.261 e. The summed E-state index contributed by atoms with van der Waals surface area (Å²) in [5, 5.41) is 1.38. The van der Waals surface area contributed by atoms with Crippen LogP contribution < -0.4 is 5.56 Å². The summed E-state index contributed by atoms with van der Waals surface area (Å²) in [7, 11) is 0. The van der Waals surface area contributed by atoms with Gasteiger partial charge in [0, 0.05) is 24.9 Å². The summed E-state index contributed by atoms with van der Waals surface area (Å²) in [5.74, 6) is 2.11. The molecule has 1 aromatic carbocycles. The number of amides is 1. The standard InChI is InChI=1S/C22H29N3O2S/c1-16-23-20-9-5-4-8-19(20)22(27)25(16)14-17-10-12-24(13-11-17)21(26)15-28-18-6-2-3-7-18/h4-5,8-9,17-18H,2-3,6-7,10-15H2,1H3. The summed E-state index contributed by atoms with van der Waals surface area (Å²) >= 11 is 1.85.